The molecule has 0 aromatic heterocycles. The number of rotatable bonds is 6. The molecule has 0 amide bonds. The van der Waals surface area contributed by atoms with E-state index in [1.807, 2.05) is 0 Å². The van der Waals surface area contributed by atoms with E-state index < -0.39 is 0 Å². The summed E-state index contributed by atoms with van der Waals surface area (Å²) < 4.78 is 0. The van der Waals surface area contributed by atoms with Crippen molar-refractivity contribution in [1.82, 2.24) is 5.32 Å². The molecule has 0 aliphatic heterocycles. The molecule has 2 nitrogen and oxygen atoms in total. The molecule has 2 rings (SSSR count). The third-order valence-corrected chi connectivity index (χ3v) is 4.21. The first kappa shape index (κ1) is 14.5. The second kappa shape index (κ2) is 6.53. The highest BCUT2D eigenvalue weighted by Gasteiger charge is 2.23. The van der Waals surface area contributed by atoms with Crippen molar-refractivity contribution in [3.05, 3.63) is 35.4 Å². The standard InChI is InChI=1S/C17H27NO/c1-17(2,11-6-12-19)13-18-16-10-5-8-14-7-3-4-9-15(14)16/h3-4,7,9,16,18-19H,5-6,8,10-13H2,1-2H3. The van der Waals surface area contributed by atoms with Crippen LogP contribution in [0.4, 0.5) is 0 Å². The summed E-state index contributed by atoms with van der Waals surface area (Å²) in [5.41, 5.74) is 3.26. The minimum atomic E-state index is 0.259. The molecule has 0 fully saturated rings. The number of fused-ring (bicyclic) bond motifs is 1. The molecule has 1 aliphatic carbocycles. The molecule has 1 aromatic rings. The number of hydrogen-bond donors (Lipinski definition) is 2. The monoisotopic (exact) mass is 261 g/mol. The lowest BCUT2D eigenvalue weighted by Gasteiger charge is -2.31. The van der Waals surface area contributed by atoms with Crippen molar-refractivity contribution >= 4 is 0 Å². The predicted octanol–water partition coefficient (Wildman–Crippen LogP) is 3.45. The van der Waals surface area contributed by atoms with Gasteiger partial charge in [0, 0.05) is 19.2 Å². The zero-order valence-electron chi connectivity index (χ0n) is 12.3. The molecule has 0 saturated carbocycles. The molecule has 0 spiro atoms. The maximum atomic E-state index is 8.96. The fourth-order valence-corrected chi connectivity index (χ4v) is 3.01. The van der Waals surface area contributed by atoms with E-state index in [0.29, 0.717) is 12.6 Å². The van der Waals surface area contributed by atoms with Gasteiger partial charge in [0.05, 0.1) is 0 Å². The first-order chi connectivity index (χ1) is 9.12. The topological polar surface area (TPSA) is 32.3 Å². The molecule has 0 saturated heterocycles. The number of nitrogens with one attached hydrogen (secondary N) is 1. The summed E-state index contributed by atoms with van der Waals surface area (Å²) in [5, 5.41) is 12.7. The van der Waals surface area contributed by atoms with Gasteiger partial charge >= 0.3 is 0 Å². The maximum Gasteiger partial charge on any atom is 0.0431 e. The molecule has 1 unspecified atom stereocenters. The summed E-state index contributed by atoms with van der Waals surface area (Å²) in [7, 11) is 0. The summed E-state index contributed by atoms with van der Waals surface area (Å²) in [6.45, 7) is 5.89. The van der Waals surface area contributed by atoms with Gasteiger partial charge in [0.15, 0.2) is 0 Å². The van der Waals surface area contributed by atoms with E-state index >= 15 is 0 Å². The van der Waals surface area contributed by atoms with E-state index in [9.17, 15) is 0 Å². The van der Waals surface area contributed by atoms with Crippen LogP contribution in [-0.4, -0.2) is 18.3 Å². The summed E-state index contributed by atoms with van der Waals surface area (Å²) in [4.78, 5) is 0. The van der Waals surface area contributed by atoms with Crippen LogP contribution in [0.1, 0.15) is 56.7 Å². The van der Waals surface area contributed by atoms with Crippen LogP contribution in [0.25, 0.3) is 0 Å². The third kappa shape index (κ3) is 4.05. The van der Waals surface area contributed by atoms with E-state index in [4.69, 9.17) is 5.11 Å². The van der Waals surface area contributed by atoms with Crippen LogP contribution in [-0.2, 0) is 6.42 Å². The lowest BCUT2D eigenvalue weighted by atomic mass is 9.84. The Hall–Kier alpha value is -0.860. The molecule has 106 valence electrons. The van der Waals surface area contributed by atoms with Crippen molar-refractivity contribution in [3.8, 4) is 0 Å². The van der Waals surface area contributed by atoms with Crippen LogP contribution >= 0.6 is 0 Å². The van der Waals surface area contributed by atoms with Crippen molar-refractivity contribution in [2.24, 2.45) is 5.41 Å². The molecule has 0 radical (unpaired) electrons. The van der Waals surface area contributed by atoms with E-state index in [-0.39, 0.29) is 5.41 Å². The van der Waals surface area contributed by atoms with Crippen molar-refractivity contribution in [3.63, 3.8) is 0 Å². The van der Waals surface area contributed by atoms with Crippen LogP contribution in [0, 0.1) is 5.41 Å². The van der Waals surface area contributed by atoms with Crippen molar-refractivity contribution in [2.45, 2.75) is 52.0 Å². The average molecular weight is 261 g/mol. The van der Waals surface area contributed by atoms with E-state index in [2.05, 4.69) is 43.4 Å². The fraction of sp³-hybridized carbons (Fsp3) is 0.647. The normalized spacial score (nSPS) is 19.2. The highest BCUT2D eigenvalue weighted by atomic mass is 16.2. The van der Waals surface area contributed by atoms with Crippen LogP contribution in [0.2, 0.25) is 0 Å². The molecule has 1 aliphatic rings. The minimum Gasteiger partial charge on any atom is -0.396 e. The number of benzene rings is 1. The molecular weight excluding hydrogens is 234 g/mol. The van der Waals surface area contributed by atoms with E-state index in [1.54, 1.807) is 0 Å². The van der Waals surface area contributed by atoms with Crippen molar-refractivity contribution in [1.29, 1.82) is 0 Å². The first-order valence-corrected chi connectivity index (χ1v) is 7.54. The third-order valence-electron chi connectivity index (χ3n) is 4.21. The van der Waals surface area contributed by atoms with E-state index in [0.717, 1.165) is 19.4 Å². The van der Waals surface area contributed by atoms with Crippen LogP contribution < -0.4 is 5.32 Å². The highest BCUT2D eigenvalue weighted by molar-refractivity contribution is 5.32. The SMILES string of the molecule is CC(C)(CCCO)CNC1CCCc2ccccc21. The van der Waals surface area contributed by atoms with Gasteiger partial charge < -0.3 is 10.4 Å². The number of aliphatic hydroxyl groups is 1. The van der Waals surface area contributed by atoms with Gasteiger partial charge in [-0.15, -0.1) is 0 Å². The summed E-state index contributed by atoms with van der Waals surface area (Å²) in [6.07, 6.45) is 5.72. The minimum absolute atomic E-state index is 0.259. The van der Waals surface area contributed by atoms with Crippen LogP contribution in [0.3, 0.4) is 0 Å². The second-order valence-corrected chi connectivity index (χ2v) is 6.52. The summed E-state index contributed by atoms with van der Waals surface area (Å²) in [6, 6.07) is 9.34. The molecular formula is C17H27NO. The average Bonchev–Trinajstić information content (AvgIpc) is 2.43. The zero-order valence-corrected chi connectivity index (χ0v) is 12.3. The van der Waals surface area contributed by atoms with Crippen molar-refractivity contribution in [2.75, 3.05) is 13.2 Å². The molecule has 0 bridgehead atoms. The van der Waals surface area contributed by atoms with Crippen LogP contribution in [0.5, 0.6) is 0 Å². The van der Waals surface area contributed by atoms with Gasteiger partial charge in [-0.3, -0.25) is 0 Å². The summed E-state index contributed by atoms with van der Waals surface area (Å²) >= 11 is 0. The zero-order chi connectivity index (χ0) is 13.7. The van der Waals surface area contributed by atoms with Crippen LogP contribution in [0.15, 0.2) is 24.3 Å². The molecule has 1 atom stereocenters. The van der Waals surface area contributed by atoms with Gasteiger partial charge in [-0.25, -0.2) is 0 Å². The Morgan fingerprint density at radius 2 is 2.11 bits per heavy atom. The Kier molecular flexibility index (Phi) is 5.00. The number of aliphatic hydroxyl groups excluding tert-OH is 1. The number of hydrogen-bond acceptors (Lipinski definition) is 2. The lowest BCUT2D eigenvalue weighted by Crippen LogP contribution is -2.34. The van der Waals surface area contributed by atoms with Gasteiger partial charge in [-0.1, -0.05) is 38.1 Å². The van der Waals surface area contributed by atoms with Crippen molar-refractivity contribution < 1.29 is 5.11 Å². The Balaban J connectivity index is 1.94. The fourth-order valence-electron chi connectivity index (χ4n) is 3.01. The Bertz CT molecular complexity index is 400. The Morgan fingerprint density at radius 3 is 2.89 bits per heavy atom. The first-order valence-electron chi connectivity index (χ1n) is 7.54. The van der Waals surface area contributed by atoms with Gasteiger partial charge in [0.2, 0.25) is 0 Å². The lowest BCUT2D eigenvalue weighted by molar-refractivity contribution is 0.229. The quantitative estimate of drug-likeness (QED) is 0.822. The predicted molar refractivity (Wildman–Crippen MR) is 80.2 cm³/mol. The van der Waals surface area contributed by atoms with Gasteiger partial charge in [-0.05, 0) is 48.6 Å². The number of aryl methyl sites for hydroxylation is 1. The Labute approximate surface area is 117 Å². The van der Waals surface area contributed by atoms with Gasteiger partial charge in [-0.2, -0.15) is 0 Å². The molecule has 0 heterocycles. The summed E-state index contributed by atoms with van der Waals surface area (Å²) in [5.74, 6) is 0. The highest BCUT2D eigenvalue weighted by Crippen LogP contribution is 2.31. The molecule has 1 aromatic carbocycles. The second-order valence-electron chi connectivity index (χ2n) is 6.52. The molecule has 2 heteroatoms. The van der Waals surface area contributed by atoms with E-state index in [1.165, 1.54) is 30.4 Å². The van der Waals surface area contributed by atoms with Gasteiger partial charge in [0.25, 0.3) is 0 Å². The van der Waals surface area contributed by atoms with Gasteiger partial charge in [0.1, 0.15) is 0 Å². The Morgan fingerprint density at radius 1 is 1.32 bits per heavy atom. The smallest absolute Gasteiger partial charge is 0.0431 e. The maximum absolute atomic E-state index is 8.96. The molecule has 2 N–H and O–H groups in total. The largest absolute Gasteiger partial charge is 0.396 e. The molecule has 19 heavy (non-hydrogen) atoms.